The minimum absolute atomic E-state index is 0.0899. The molecule has 1 aromatic heterocycles. The molecule has 3 unspecified atom stereocenters. The first-order valence-corrected chi connectivity index (χ1v) is 8.33. The maximum absolute atomic E-state index is 6.21. The molecule has 1 fully saturated rings. The standard InChI is InChI=1S/C17H31N3/c1-6-15-17(13(5)18)16(7-2)20(19-15)14-9-11(3)8-12(4)10-14/h11-14H,6-10,18H2,1-5H3. The van der Waals surface area contributed by atoms with Crippen LogP contribution in [-0.2, 0) is 12.8 Å². The summed E-state index contributed by atoms with van der Waals surface area (Å²) in [7, 11) is 0. The molecule has 3 heteroatoms. The zero-order chi connectivity index (χ0) is 14.9. The summed E-state index contributed by atoms with van der Waals surface area (Å²) < 4.78 is 2.34. The van der Waals surface area contributed by atoms with Crippen LogP contribution in [0.15, 0.2) is 0 Å². The zero-order valence-electron chi connectivity index (χ0n) is 13.8. The minimum Gasteiger partial charge on any atom is -0.324 e. The van der Waals surface area contributed by atoms with Gasteiger partial charge in [-0.05, 0) is 50.9 Å². The zero-order valence-corrected chi connectivity index (χ0v) is 13.8. The van der Waals surface area contributed by atoms with Gasteiger partial charge in [0.15, 0.2) is 0 Å². The van der Waals surface area contributed by atoms with Gasteiger partial charge in [-0.2, -0.15) is 5.10 Å². The predicted octanol–water partition coefficient (Wildman–Crippen LogP) is 4.02. The highest BCUT2D eigenvalue weighted by Crippen LogP contribution is 2.37. The lowest BCUT2D eigenvalue weighted by Crippen LogP contribution is -2.25. The average molecular weight is 277 g/mol. The molecule has 2 N–H and O–H groups in total. The molecule has 114 valence electrons. The molecule has 0 aromatic carbocycles. The van der Waals surface area contributed by atoms with E-state index in [1.54, 1.807) is 0 Å². The second-order valence-corrected chi connectivity index (χ2v) is 6.82. The van der Waals surface area contributed by atoms with Crippen molar-refractivity contribution < 1.29 is 0 Å². The van der Waals surface area contributed by atoms with Crippen LogP contribution in [0.2, 0.25) is 0 Å². The van der Waals surface area contributed by atoms with E-state index in [9.17, 15) is 0 Å². The summed E-state index contributed by atoms with van der Waals surface area (Å²) in [5.74, 6) is 1.61. The number of nitrogens with zero attached hydrogens (tertiary/aromatic N) is 2. The van der Waals surface area contributed by atoms with Crippen LogP contribution in [0.1, 0.15) is 82.9 Å². The van der Waals surface area contributed by atoms with Crippen LogP contribution in [0.5, 0.6) is 0 Å². The van der Waals surface area contributed by atoms with E-state index in [0.717, 1.165) is 24.7 Å². The number of hydrogen-bond acceptors (Lipinski definition) is 2. The van der Waals surface area contributed by atoms with Crippen molar-refractivity contribution in [1.29, 1.82) is 0 Å². The van der Waals surface area contributed by atoms with Gasteiger partial charge in [-0.3, -0.25) is 4.68 Å². The molecule has 1 aliphatic rings. The van der Waals surface area contributed by atoms with Crippen LogP contribution in [-0.4, -0.2) is 9.78 Å². The Bertz CT molecular complexity index is 437. The van der Waals surface area contributed by atoms with E-state index < -0.39 is 0 Å². The quantitative estimate of drug-likeness (QED) is 0.903. The van der Waals surface area contributed by atoms with Crippen LogP contribution in [0.25, 0.3) is 0 Å². The van der Waals surface area contributed by atoms with Crippen molar-refractivity contribution in [3.8, 4) is 0 Å². The number of hydrogen-bond donors (Lipinski definition) is 1. The van der Waals surface area contributed by atoms with Crippen molar-refractivity contribution in [3.63, 3.8) is 0 Å². The highest BCUT2D eigenvalue weighted by molar-refractivity contribution is 5.30. The molecule has 0 saturated heterocycles. The van der Waals surface area contributed by atoms with E-state index in [1.165, 1.54) is 36.2 Å². The number of aryl methyl sites for hydroxylation is 1. The Morgan fingerprint density at radius 1 is 1.15 bits per heavy atom. The number of aromatic nitrogens is 2. The lowest BCUT2D eigenvalue weighted by molar-refractivity contribution is 0.206. The molecule has 1 saturated carbocycles. The van der Waals surface area contributed by atoms with Crippen LogP contribution in [0, 0.1) is 11.8 Å². The Morgan fingerprint density at radius 3 is 2.20 bits per heavy atom. The molecule has 0 amide bonds. The molecule has 1 heterocycles. The van der Waals surface area contributed by atoms with Gasteiger partial charge in [0.2, 0.25) is 0 Å². The summed E-state index contributed by atoms with van der Waals surface area (Å²) in [4.78, 5) is 0. The molecule has 0 bridgehead atoms. The van der Waals surface area contributed by atoms with E-state index in [-0.39, 0.29) is 6.04 Å². The second kappa shape index (κ2) is 6.30. The van der Waals surface area contributed by atoms with Gasteiger partial charge in [0.25, 0.3) is 0 Å². The SMILES string of the molecule is CCc1nn(C2CC(C)CC(C)C2)c(CC)c1C(C)N. The predicted molar refractivity (Wildman–Crippen MR) is 84.8 cm³/mol. The number of rotatable bonds is 4. The van der Waals surface area contributed by atoms with Gasteiger partial charge in [0, 0.05) is 17.3 Å². The highest BCUT2D eigenvalue weighted by Gasteiger charge is 2.29. The van der Waals surface area contributed by atoms with Gasteiger partial charge in [-0.1, -0.05) is 27.7 Å². The highest BCUT2D eigenvalue weighted by atomic mass is 15.3. The summed E-state index contributed by atoms with van der Waals surface area (Å²) >= 11 is 0. The van der Waals surface area contributed by atoms with Crippen LogP contribution in [0.3, 0.4) is 0 Å². The second-order valence-electron chi connectivity index (χ2n) is 6.82. The maximum atomic E-state index is 6.21. The van der Waals surface area contributed by atoms with Crippen molar-refractivity contribution in [2.24, 2.45) is 17.6 Å². The molecule has 3 atom stereocenters. The Balaban J connectivity index is 2.40. The number of nitrogens with two attached hydrogens (primary N) is 1. The first-order valence-electron chi connectivity index (χ1n) is 8.33. The fourth-order valence-electron chi connectivity index (χ4n) is 4.08. The third kappa shape index (κ3) is 2.93. The van der Waals surface area contributed by atoms with E-state index in [0.29, 0.717) is 6.04 Å². The van der Waals surface area contributed by atoms with E-state index >= 15 is 0 Å². The Labute approximate surface area is 123 Å². The topological polar surface area (TPSA) is 43.8 Å². The van der Waals surface area contributed by atoms with E-state index in [1.807, 2.05) is 0 Å². The Hall–Kier alpha value is -0.830. The normalized spacial score (nSPS) is 28.6. The molecule has 2 rings (SSSR count). The molecule has 1 aliphatic carbocycles. The Kier molecular flexibility index (Phi) is 4.90. The van der Waals surface area contributed by atoms with Gasteiger partial charge >= 0.3 is 0 Å². The van der Waals surface area contributed by atoms with Crippen molar-refractivity contribution in [1.82, 2.24) is 9.78 Å². The molecule has 0 aliphatic heterocycles. The van der Waals surface area contributed by atoms with Crippen LogP contribution >= 0.6 is 0 Å². The first-order chi connectivity index (χ1) is 9.47. The summed E-state index contributed by atoms with van der Waals surface area (Å²) in [6.07, 6.45) is 5.90. The van der Waals surface area contributed by atoms with Crippen molar-refractivity contribution in [2.45, 2.75) is 78.8 Å². The summed E-state index contributed by atoms with van der Waals surface area (Å²) in [5.41, 5.74) is 10.1. The molecular weight excluding hydrogens is 246 g/mol. The largest absolute Gasteiger partial charge is 0.324 e. The van der Waals surface area contributed by atoms with E-state index in [2.05, 4.69) is 39.3 Å². The van der Waals surface area contributed by atoms with Gasteiger partial charge in [-0.25, -0.2) is 0 Å². The first kappa shape index (κ1) is 15.6. The third-order valence-corrected chi connectivity index (χ3v) is 4.75. The average Bonchev–Trinajstić information content (AvgIpc) is 2.76. The van der Waals surface area contributed by atoms with Gasteiger partial charge in [-0.15, -0.1) is 0 Å². The summed E-state index contributed by atoms with van der Waals surface area (Å²) in [5, 5.41) is 4.95. The van der Waals surface area contributed by atoms with Gasteiger partial charge in [0.1, 0.15) is 0 Å². The monoisotopic (exact) mass is 277 g/mol. The van der Waals surface area contributed by atoms with Crippen molar-refractivity contribution in [2.75, 3.05) is 0 Å². The van der Waals surface area contributed by atoms with Gasteiger partial charge < -0.3 is 5.73 Å². The Morgan fingerprint density at radius 2 is 1.75 bits per heavy atom. The van der Waals surface area contributed by atoms with Crippen molar-refractivity contribution >= 4 is 0 Å². The summed E-state index contributed by atoms with van der Waals surface area (Å²) in [6, 6.07) is 0.661. The fourth-order valence-corrected chi connectivity index (χ4v) is 4.08. The lowest BCUT2D eigenvalue weighted by Gasteiger charge is -2.32. The molecular formula is C17H31N3. The molecule has 1 aromatic rings. The van der Waals surface area contributed by atoms with Gasteiger partial charge in [0.05, 0.1) is 11.7 Å². The molecule has 20 heavy (non-hydrogen) atoms. The molecule has 0 radical (unpaired) electrons. The minimum atomic E-state index is 0.0899. The maximum Gasteiger partial charge on any atom is 0.0672 e. The smallest absolute Gasteiger partial charge is 0.0672 e. The van der Waals surface area contributed by atoms with Crippen LogP contribution < -0.4 is 5.73 Å². The fraction of sp³-hybridized carbons (Fsp3) is 0.824. The van der Waals surface area contributed by atoms with Crippen LogP contribution in [0.4, 0.5) is 0 Å². The molecule has 0 spiro atoms. The van der Waals surface area contributed by atoms with E-state index in [4.69, 9.17) is 10.8 Å². The lowest BCUT2D eigenvalue weighted by atomic mass is 9.80. The van der Waals surface area contributed by atoms with Crippen molar-refractivity contribution in [3.05, 3.63) is 17.0 Å². The third-order valence-electron chi connectivity index (χ3n) is 4.75. The molecule has 3 nitrogen and oxygen atoms in total. The summed E-state index contributed by atoms with van der Waals surface area (Å²) in [6.45, 7) is 11.3.